The Morgan fingerprint density at radius 3 is 1.77 bits per heavy atom. The van der Waals surface area contributed by atoms with Crippen molar-refractivity contribution in [2.24, 2.45) is 5.92 Å². The van der Waals surface area contributed by atoms with E-state index in [4.69, 9.17) is 0 Å². The van der Waals surface area contributed by atoms with Gasteiger partial charge in [-0.1, -0.05) is 20.8 Å². The Balaban J connectivity index is 0.000000184. The number of H-pyrrole nitrogens is 1. The summed E-state index contributed by atoms with van der Waals surface area (Å²) in [7, 11) is 0. The molecule has 1 aliphatic carbocycles. The van der Waals surface area contributed by atoms with Crippen LogP contribution in [0.15, 0.2) is 12.4 Å². The Labute approximate surface area is 81.6 Å². The third-order valence-electron chi connectivity index (χ3n) is 2.07. The molecule has 1 heterocycles. The minimum absolute atomic E-state index is 0.833. The van der Waals surface area contributed by atoms with Gasteiger partial charge in [-0.3, -0.25) is 0 Å². The summed E-state index contributed by atoms with van der Waals surface area (Å²) in [5, 5.41) is 0. The van der Waals surface area contributed by atoms with Crippen LogP contribution in [-0.4, -0.2) is 4.98 Å². The first-order valence-corrected chi connectivity index (χ1v) is 5.34. The lowest BCUT2D eigenvalue weighted by Crippen LogP contribution is -1.97. The second-order valence-electron chi connectivity index (χ2n) is 4.44. The molecule has 1 N–H and O–H groups in total. The summed E-state index contributed by atoms with van der Waals surface area (Å²) in [5.74, 6) is 0.833. The molecule has 1 aromatic heterocycles. The van der Waals surface area contributed by atoms with Gasteiger partial charge in [0.2, 0.25) is 0 Å². The summed E-state index contributed by atoms with van der Waals surface area (Å²) >= 11 is 0. The predicted molar refractivity (Wildman–Crippen MR) is 57.9 cm³/mol. The van der Waals surface area contributed by atoms with E-state index in [0.29, 0.717) is 0 Å². The fourth-order valence-electron chi connectivity index (χ4n) is 1.52. The van der Waals surface area contributed by atoms with Crippen molar-refractivity contribution in [1.29, 1.82) is 0 Å². The van der Waals surface area contributed by atoms with E-state index >= 15 is 0 Å². The largest absolute Gasteiger partial charge is 0.367 e. The van der Waals surface area contributed by atoms with E-state index < -0.39 is 0 Å². The molecule has 1 aromatic rings. The Bertz CT molecular complexity index is 212. The van der Waals surface area contributed by atoms with Gasteiger partial charge in [0.05, 0.1) is 0 Å². The summed E-state index contributed by atoms with van der Waals surface area (Å²) in [6, 6.07) is 0. The number of aromatic nitrogens is 1. The van der Waals surface area contributed by atoms with Crippen molar-refractivity contribution in [3.63, 3.8) is 0 Å². The summed E-state index contributed by atoms with van der Waals surface area (Å²) in [6.07, 6.45) is 9.61. The van der Waals surface area contributed by atoms with Gasteiger partial charge in [0.15, 0.2) is 0 Å². The van der Waals surface area contributed by atoms with Gasteiger partial charge in [-0.25, -0.2) is 0 Å². The highest BCUT2D eigenvalue weighted by Gasteiger charge is 2.07. The van der Waals surface area contributed by atoms with Crippen molar-refractivity contribution in [2.75, 3.05) is 0 Å². The Kier molecular flexibility index (Phi) is 4.07. The molecule has 0 aromatic carbocycles. The maximum atomic E-state index is 3.14. The Morgan fingerprint density at radius 2 is 1.38 bits per heavy atom. The lowest BCUT2D eigenvalue weighted by Gasteiger charge is -2.08. The molecule has 13 heavy (non-hydrogen) atoms. The van der Waals surface area contributed by atoms with Crippen LogP contribution in [0.25, 0.3) is 0 Å². The van der Waals surface area contributed by atoms with Crippen molar-refractivity contribution in [3.05, 3.63) is 23.5 Å². The first-order chi connectivity index (χ1) is 6.20. The van der Waals surface area contributed by atoms with Crippen molar-refractivity contribution in [2.45, 2.75) is 46.5 Å². The second kappa shape index (κ2) is 5.11. The zero-order chi connectivity index (χ0) is 9.68. The van der Waals surface area contributed by atoms with Gasteiger partial charge in [-0.05, 0) is 42.7 Å². The number of rotatable bonds is 0. The fraction of sp³-hybridized carbons (Fsp3) is 0.667. The molecule has 1 heteroatoms. The van der Waals surface area contributed by atoms with Gasteiger partial charge >= 0.3 is 0 Å². The van der Waals surface area contributed by atoms with Gasteiger partial charge in [0.25, 0.3) is 0 Å². The smallest absolute Gasteiger partial charge is 0.00401 e. The number of hydrogen-bond acceptors (Lipinski definition) is 0. The van der Waals surface area contributed by atoms with E-state index in [2.05, 4.69) is 38.1 Å². The van der Waals surface area contributed by atoms with Crippen LogP contribution in [0.3, 0.4) is 0 Å². The molecule has 0 atom stereocenters. The number of aromatic amines is 1. The lowest BCUT2D eigenvalue weighted by atomic mass is 9.96. The summed E-state index contributed by atoms with van der Waals surface area (Å²) < 4.78 is 0. The molecule has 1 nitrogen and oxygen atoms in total. The van der Waals surface area contributed by atoms with Crippen LogP contribution >= 0.6 is 0 Å². The zero-order valence-corrected chi connectivity index (χ0v) is 9.06. The average molecular weight is 179 g/mol. The summed E-state index contributed by atoms with van der Waals surface area (Å²) in [5.41, 5.74) is 3.09. The van der Waals surface area contributed by atoms with Crippen molar-refractivity contribution >= 4 is 0 Å². The topological polar surface area (TPSA) is 15.8 Å². The minimum Gasteiger partial charge on any atom is -0.367 e. The number of nitrogens with one attached hydrogen (secondary N) is 1. The molecule has 1 aliphatic rings. The minimum atomic E-state index is 0.833. The molecule has 0 spiro atoms. The molecular formula is C12H21N. The molecule has 74 valence electrons. The maximum absolute atomic E-state index is 3.14. The van der Waals surface area contributed by atoms with Crippen LogP contribution in [-0.2, 0) is 12.8 Å². The quantitative estimate of drug-likeness (QED) is 0.627. The SMILES string of the molecule is CC(C)C.c1[nH]cc2c1CCCC2. The third kappa shape index (κ3) is 3.67. The van der Waals surface area contributed by atoms with Crippen molar-refractivity contribution in [1.82, 2.24) is 4.98 Å². The molecule has 0 radical (unpaired) electrons. The van der Waals surface area contributed by atoms with E-state index in [1.54, 1.807) is 11.1 Å². The fourth-order valence-corrected chi connectivity index (χ4v) is 1.52. The highest BCUT2D eigenvalue weighted by molar-refractivity contribution is 5.25. The van der Waals surface area contributed by atoms with Crippen LogP contribution in [0.5, 0.6) is 0 Å². The average Bonchev–Trinajstić information content (AvgIpc) is 2.49. The number of hydrogen-bond donors (Lipinski definition) is 1. The monoisotopic (exact) mass is 179 g/mol. The molecule has 0 bridgehead atoms. The summed E-state index contributed by atoms with van der Waals surface area (Å²) in [4.78, 5) is 3.14. The van der Waals surface area contributed by atoms with Gasteiger partial charge in [0, 0.05) is 12.4 Å². The Hall–Kier alpha value is -0.720. The summed E-state index contributed by atoms with van der Waals surface area (Å²) in [6.45, 7) is 6.50. The lowest BCUT2D eigenvalue weighted by molar-refractivity contribution is 0.690. The van der Waals surface area contributed by atoms with Gasteiger partial charge in [0.1, 0.15) is 0 Å². The van der Waals surface area contributed by atoms with Crippen LogP contribution in [0.2, 0.25) is 0 Å². The van der Waals surface area contributed by atoms with E-state index in [0.717, 1.165) is 5.92 Å². The zero-order valence-electron chi connectivity index (χ0n) is 9.06. The van der Waals surface area contributed by atoms with Gasteiger partial charge in [-0.2, -0.15) is 0 Å². The molecule has 0 fully saturated rings. The number of aryl methyl sites for hydroxylation is 2. The van der Waals surface area contributed by atoms with Gasteiger partial charge in [-0.15, -0.1) is 0 Å². The first-order valence-electron chi connectivity index (χ1n) is 5.34. The molecule has 0 aliphatic heterocycles. The first kappa shape index (κ1) is 10.4. The van der Waals surface area contributed by atoms with E-state index in [9.17, 15) is 0 Å². The van der Waals surface area contributed by atoms with Crippen LogP contribution in [0, 0.1) is 5.92 Å². The highest BCUT2D eigenvalue weighted by Crippen LogP contribution is 2.19. The standard InChI is InChI=1S/C8H11N.C4H10/c1-2-4-8-6-9-5-7(8)3-1;1-4(2)3/h5-6,9H,1-4H2;4H,1-3H3. The van der Waals surface area contributed by atoms with Crippen LogP contribution < -0.4 is 0 Å². The normalized spacial score (nSPS) is 14.8. The third-order valence-corrected chi connectivity index (χ3v) is 2.07. The molecule has 0 saturated heterocycles. The molecule has 0 unspecified atom stereocenters. The molecule has 2 rings (SSSR count). The van der Waals surface area contributed by atoms with Crippen LogP contribution in [0.4, 0.5) is 0 Å². The molecular weight excluding hydrogens is 158 g/mol. The molecule has 0 saturated carbocycles. The highest BCUT2D eigenvalue weighted by atomic mass is 14.6. The van der Waals surface area contributed by atoms with E-state index in [-0.39, 0.29) is 0 Å². The van der Waals surface area contributed by atoms with Gasteiger partial charge < -0.3 is 4.98 Å². The van der Waals surface area contributed by atoms with Crippen LogP contribution in [0.1, 0.15) is 44.7 Å². The van der Waals surface area contributed by atoms with Crippen molar-refractivity contribution < 1.29 is 0 Å². The molecule has 0 amide bonds. The second-order valence-corrected chi connectivity index (χ2v) is 4.44. The maximum Gasteiger partial charge on any atom is 0.00401 e. The Morgan fingerprint density at radius 1 is 1.00 bits per heavy atom. The van der Waals surface area contributed by atoms with Crippen molar-refractivity contribution in [3.8, 4) is 0 Å². The van der Waals surface area contributed by atoms with E-state index in [1.165, 1.54) is 25.7 Å². The predicted octanol–water partition coefficient (Wildman–Crippen LogP) is 3.56. The van der Waals surface area contributed by atoms with E-state index in [1.807, 2.05) is 0 Å². The number of fused-ring (bicyclic) bond motifs is 1.